The standard InChI is InChI=1S/C23H27F2NO3/c1-14(20-6-2-15-10-17(24)4-8-21(15)28-20)12-26-13-19(27)23-7-3-16-11-18(25)5-9-22(16)29-23/h4-5,8-11,14,19-20,23,26-27H,2-3,6-7,12-13H2,1H3/t14-,19-,20+,23?/m0/s1. The van der Waals surface area contributed by atoms with Crippen LogP contribution in [0.1, 0.15) is 30.9 Å². The summed E-state index contributed by atoms with van der Waals surface area (Å²) in [5.74, 6) is 1.17. The molecule has 4 nitrogen and oxygen atoms in total. The van der Waals surface area contributed by atoms with Crippen molar-refractivity contribution in [1.82, 2.24) is 5.32 Å². The van der Waals surface area contributed by atoms with Crippen molar-refractivity contribution in [2.24, 2.45) is 5.92 Å². The van der Waals surface area contributed by atoms with Gasteiger partial charge >= 0.3 is 0 Å². The second kappa shape index (κ2) is 8.67. The molecular formula is C23H27F2NO3. The van der Waals surface area contributed by atoms with Crippen LogP contribution in [0.5, 0.6) is 11.5 Å². The highest BCUT2D eigenvalue weighted by molar-refractivity contribution is 5.36. The molecule has 6 heteroatoms. The number of hydrogen-bond acceptors (Lipinski definition) is 4. The fraction of sp³-hybridized carbons (Fsp3) is 0.478. The van der Waals surface area contributed by atoms with E-state index in [1.54, 1.807) is 18.2 Å². The molecule has 0 saturated carbocycles. The highest BCUT2D eigenvalue weighted by Gasteiger charge is 2.28. The third-order valence-electron chi connectivity index (χ3n) is 5.88. The lowest BCUT2D eigenvalue weighted by molar-refractivity contribution is 0.0228. The quantitative estimate of drug-likeness (QED) is 0.773. The summed E-state index contributed by atoms with van der Waals surface area (Å²) < 4.78 is 38.5. The monoisotopic (exact) mass is 403 g/mol. The second-order valence-corrected chi connectivity index (χ2v) is 8.10. The second-order valence-electron chi connectivity index (χ2n) is 8.10. The van der Waals surface area contributed by atoms with Gasteiger partial charge in [0.2, 0.25) is 0 Å². The van der Waals surface area contributed by atoms with Crippen LogP contribution in [-0.2, 0) is 12.8 Å². The zero-order valence-electron chi connectivity index (χ0n) is 16.5. The van der Waals surface area contributed by atoms with Crippen molar-refractivity contribution in [2.45, 2.75) is 50.9 Å². The van der Waals surface area contributed by atoms with Crippen LogP contribution in [0.3, 0.4) is 0 Å². The van der Waals surface area contributed by atoms with Gasteiger partial charge in [-0.3, -0.25) is 0 Å². The Morgan fingerprint density at radius 1 is 0.931 bits per heavy atom. The molecule has 1 unspecified atom stereocenters. The van der Waals surface area contributed by atoms with Crippen LogP contribution in [-0.4, -0.2) is 36.5 Å². The van der Waals surface area contributed by atoms with Crippen LogP contribution in [0.4, 0.5) is 8.78 Å². The van der Waals surface area contributed by atoms with Crippen LogP contribution in [0.25, 0.3) is 0 Å². The van der Waals surface area contributed by atoms with E-state index in [0.29, 0.717) is 31.7 Å². The number of nitrogens with one attached hydrogen (secondary N) is 1. The van der Waals surface area contributed by atoms with Crippen LogP contribution in [0, 0.1) is 17.6 Å². The number of aliphatic hydroxyl groups excluding tert-OH is 1. The number of rotatable bonds is 6. The minimum Gasteiger partial charge on any atom is -0.490 e. The van der Waals surface area contributed by atoms with E-state index < -0.39 is 6.10 Å². The molecule has 2 N–H and O–H groups in total. The van der Waals surface area contributed by atoms with E-state index >= 15 is 0 Å². The van der Waals surface area contributed by atoms with Crippen LogP contribution in [0.2, 0.25) is 0 Å². The summed E-state index contributed by atoms with van der Waals surface area (Å²) in [7, 11) is 0. The molecule has 0 bridgehead atoms. The Morgan fingerprint density at radius 2 is 1.48 bits per heavy atom. The van der Waals surface area contributed by atoms with E-state index in [-0.39, 0.29) is 29.8 Å². The maximum Gasteiger partial charge on any atom is 0.126 e. The summed E-state index contributed by atoms with van der Waals surface area (Å²) in [5.41, 5.74) is 1.77. The molecule has 2 heterocycles. The van der Waals surface area contributed by atoms with Gasteiger partial charge in [0.15, 0.2) is 0 Å². The first-order valence-electron chi connectivity index (χ1n) is 10.3. The number of fused-ring (bicyclic) bond motifs is 2. The summed E-state index contributed by atoms with van der Waals surface area (Å²) in [4.78, 5) is 0. The molecule has 0 fully saturated rings. The molecule has 2 aromatic rings. The molecule has 0 aromatic heterocycles. The Kier molecular flexibility index (Phi) is 6.01. The van der Waals surface area contributed by atoms with Gasteiger partial charge in [-0.25, -0.2) is 8.78 Å². The van der Waals surface area contributed by atoms with E-state index in [2.05, 4.69) is 12.2 Å². The van der Waals surface area contributed by atoms with Crippen LogP contribution in [0.15, 0.2) is 36.4 Å². The fourth-order valence-electron chi connectivity index (χ4n) is 4.15. The van der Waals surface area contributed by atoms with E-state index in [9.17, 15) is 13.9 Å². The van der Waals surface area contributed by atoms with E-state index in [1.165, 1.54) is 18.2 Å². The average molecular weight is 403 g/mol. The Hall–Kier alpha value is -2.18. The first-order chi connectivity index (χ1) is 14.0. The molecule has 0 amide bonds. The number of hydrogen-bond donors (Lipinski definition) is 2. The van der Waals surface area contributed by atoms with Crippen molar-refractivity contribution in [1.29, 1.82) is 0 Å². The Morgan fingerprint density at radius 3 is 2.10 bits per heavy atom. The molecule has 156 valence electrons. The number of ether oxygens (including phenoxy) is 2. The SMILES string of the molecule is C[C@@H](CNC[C@H](O)C1CCc2cc(F)ccc2O1)[C@H]1CCc2cc(F)ccc2O1. The topological polar surface area (TPSA) is 50.7 Å². The predicted molar refractivity (Wildman–Crippen MR) is 106 cm³/mol. The summed E-state index contributed by atoms with van der Waals surface area (Å²) in [6, 6.07) is 9.17. The molecule has 2 aliphatic heterocycles. The van der Waals surface area contributed by atoms with Gasteiger partial charge in [0, 0.05) is 19.0 Å². The zero-order valence-corrected chi connectivity index (χ0v) is 16.5. The van der Waals surface area contributed by atoms with Crippen LogP contribution < -0.4 is 14.8 Å². The number of benzene rings is 2. The molecule has 2 aromatic carbocycles. The van der Waals surface area contributed by atoms with Gasteiger partial charge in [-0.2, -0.15) is 0 Å². The van der Waals surface area contributed by atoms with Crippen molar-refractivity contribution in [3.8, 4) is 11.5 Å². The first kappa shape index (κ1) is 20.1. The predicted octanol–water partition coefficient (Wildman–Crippen LogP) is 3.64. The third kappa shape index (κ3) is 4.70. The summed E-state index contributed by atoms with van der Waals surface area (Å²) in [6.07, 6.45) is 2.13. The molecule has 2 aliphatic rings. The molecular weight excluding hydrogens is 376 g/mol. The molecule has 0 saturated heterocycles. The first-order valence-corrected chi connectivity index (χ1v) is 10.3. The largest absolute Gasteiger partial charge is 0.490 e. The molecule has 0 radical (unpaired) electrons. The number of aryl methyl sites for hydroxylation is 2. The van der Waals surface area contributed by atoms with Crippen LogP contribution >= 0.6 is 0 Å². The fourth-order valence-corrected chi connectivity index (χ4v) is 4.15. The van der Waals surface area contributed by atoms with Crippen molar-refractivity contribution < 1.29 is 23.4 Å². The van der Waals surface area contributed by atoms with Crippen molar-refractivity contribution in [2.75, 3.05) is 13.1 Å². The lowest BCUT2D eigenvalue weighted by Crippen LogP contribution is -2.44. The molecule has 4 rings (SSSR count). The average Bonchev–Trinajstić information content (AvgIpc) is 2.72. The van der Waals surface area contributed by atoms with Gasteiger partial charge < -0.3 is 19.9 Å². The van der Waals surface area contributed by atoms with Gasteiger partial charge in [-0.05, 0) is 73.2 Å². The van der Waals surface area contributed by atoms with E-state index in [1.807, 2.05) is 0 Å². The van der Waals surface area contributed by atoms with Gasteiger partial charge in [0.25, 0.3) is 0 Å². The Labute approximate surface area is 169 Å². The number of halogens is 2. The number of aliphatic hydroxyl groups is 1. The maximum atomic E-state index is 13.3. The maximum absolute atomic E-state index is 13.3. The summed E-state index contributed by atoms with van der Waals surface area (Å²) in [5, 5.41) is 13.8. The molecule has 0 spiro atoms. The van der Waals surface area contributed by atoms with Gasteiger partial charge in [-0.15, -0.1) is 0 Å². The minimum absolute atomic E-state index is 0.0605. The van der Waals surface area contributed by atoms with E-state index in [4.69, 9.17) is 9.47 Å². The van der Waals surface area contributed by atoms with Gasteiger partial charge in [0.1, 0.15) is 41.4 Å². The molecule has 0 aliphatic carbocycles. The highest BCUT2D eigenvalue weighted by atomic mass is 19.1. The molecule has 4 atom stereocenters. The normalized spacial score (nSPS) is 22.6. The molecule has 29 heavy (non-hydrogen) atoms. The van der Waals surface area contributed by atoms with Crippen molar-refractivity contribution in [3.05, 3.63) is 59.2 Å². The third-order valence-corrected chi connectivity index (χ3v) is 5.88. The van der Waals surface area contributed by atoms with Crippen molar-refractivity contribution in [3.63, 3.8) is 0 Å². The van der Waals surface area contributed by atoms with Gasteiger partial charge in [0.05, 0.1) is 0 Å². The van der Waals surface area contributed by atoms with Gasteiger partial charge in [-0.1, -0.05) is 6.92 Å². The van der Waals surface area contributed by atoms with E-state index in [0.717, 1.165) is 29.7 Å². The lowest BCUT2D eigenvalue weighted by Gasteiger charge is -2.32. The zero-order chi connectivity index (χ0) is 20.4. The Bertz CT molecular complexity index is 791. The summed E-state index contributed by atoms with van der Waals surface area (Å²) >= 11 is 0. The highest BCUT2D eigenvalue weighted by Crippen LogP contribution is 2.31. The smallest absolute Gasteiger partial charge is 0.126 e. The summed E-state index contributed by atoms with van der Waals surface area (Å²) in [6.45, 7) is 3.23. The minimum atomic E-state index is -0.642. The Balaban J connectivity index is 1.24. The van der Waals surface area contributed by atoms with Crippen molar-refractivity contribution >= 4 is 0 Å². The lowest BCUT2D eigenvalue weighted by atomic mass is 9.94.